The first-order valence-electron chi connectivity index (χ1n) is 5.72. The lowest BCUT2D eigenvalue weighted by Gasteiger charge is -2.17. The van der Waals surface area contributed by atoms with Gasteiger partial charge >= 0.3 is 0 Å². The van der Waals surface area contributed by atoms with Gasteiger partial charge in [-0.1, -0.05) is 6.07 Å². The van der Waals surface area contributed by atoms with Crippen LogP contribution in [0.4, 0.5) is 5.82 Å². The first-order valence-corrected chi connectivity index (χ1v) is 7.39. The van der Waals surface area contributed by atoms with Crippen molar-refractivity contribution in [2.75, 3.05) is 11.9 Å². The molecule has 3 nitrogen and oxygen atoms in total. The van der Waals surface area contributed by atoms with Crippen molar-refractivity contribution in [2.45, 2.75) is 19.5 Å². The molecule has 2 aromatic rings. The van der Waals surface area contributed by atoms with Gasteiger partial charge in [-0.3, -0.25) is 0 Å². The number of hydrogen-bond donors (Lipinski definition) is 1. The molecule has 2 rings (SSSR count). The first kappa shape index (κ1) is 13.5. The van der Waals surface area contributed by atoms with Crippen molar-refractivity contribution in [2.24, 2.45) is 5.73 Å². The van der Waals surface area contributed by atoms with Gasteiger partial charge in [-0.25, -0.2) is 4.98 Å². The summed E-state index contributed by atoms with van der Waals surface area (Å²) in [6.45, 7) is 2.82. The van der Waals surface area contributed by atoms with Crippen LogP contribution in [0.3, 0.4) is 0 Å². The Bertz CT molecular complexity index is 507. The van der Waals surface area contributed by atoms with E-state index in [2.05, 4.69) is 37.3 Å². The Morgan fingerprint density at radius 3 is 2.78 bits per heavy atom. The lowest BCUT2D eigenvalue weighted by atomic mass is 10.1. The summed E-state index contributed by atoms with van der Waals surface area (Å²) in [5, 5.41) is 2.09. The van der Waals surface area contributed by atoms with Crippen LogP contribution < -0.4 is 10.6 Å². The Labute approximate surface area is 120 Å². The fourth-order valence-corrected chi connectivity index (χ4v) is 3.15. The van der Waals surface area contributed by atoms with Crippen molar-refractivity contribution in [3.63, 3.8) is 0 Å². The van der Waals surface area contributed by atoms with E-state index in [-0.39, 0.29) is 6.04 Å². The summed E-state index contributed by atoms with van der Waals surface area (Å²) in [5.74, 6) is 0.962. The SMILES string of the molecule is C[C@@H](N)c1ccc(N(C)Cc2cc(Br)cs2)nc1. The Kier molecular flexibility index (Phi) is 4.37. The third kappa shape index (κ3) is 3.31. The molecule has 0 radical (unpaired) electrons. The van der Waals surface area contributed by atoms with Crippen LogP contribution >= 0.6 is 27.3 Å². The quantitative estimate of drug-likeness (QED) is 0.934. The average Bonchev–Trinajstić information content (AvgIpc) is 2.75. The van der Waals surface area contributed by atoms with E-state index in [0.29, 0.717) is 0 Å². The Morgan fingerprint density at radius 2 is 2.28 bits per heavy atom. The number of hydrogen-bond acceptors (Lipinski definition) is 4. The molecule has 18 heavy (non-hydrogen) atoms. The predicted molar refractivity (Wildman–Crippen MR) is 81.0 cm³/mol. The molecule has 5 heteroatoms. The maximum atomic E-state index is 5.81. The molecule has 0 fully saturated rings. The smallest absolute Gasteiger partial charge is 0.128 e. The molecule has 0 aliphatic rings. The van der Waals surface area contributed by atoms with E-state index in [1.807, 2.05) is 32.3 Å². The lowest BCUT2D eigenvalue weighted by Crippen LogP contribution is -2.17. The molecule has 0 spiro atoms. The van der Waals surface area contributed by atoms with Crippen LogP contribution in [-0.2, 0) is 6.54 Å². The number of nitrogens with zero attached hydrogens (tertiary/aromatic N) is 2. The highest BCUT2D eigenvalue weighted by molar-refractivity contribution is 9.10. The second-order valence-corrected chi connectivity index (χ2v) is 6.24. The van der Waals surface area contributed by atoms with E-state index in [4.69, 9.17) is 5.73 Å². The van der Waals surface area contributed by atoms with Gasteiger partial charge in [-0.15, -0.1) is 11.3 Å². The minimum absolute atomic E-state index is 0.0325. The number of aromatic nitrogens is 1. The van der Waals surface area contributed by atoms with Crippen molar-refractivity contribution < 1.29 is 0 Å². The van der Waals surface area contributed by atoms with E-state index in [9.17, 15) is 0 Å². The molecular weight excluding hydrogens is 310 g/mol. The minimum Gasteiger partial charge on any atom is -0.355 e. The van der Waals surface area contributed by atoms with Crippen LogP contribution in [0.2, 0.25) is 0 Å². The molecule has 96 valence electrons. The first-order chi connectivity index (χ1) is 8.56. The Balaban J connectivity index is 2.06. The van der Waals surface area contributed by atoms with Gasteiger partial charge in [0, 0.05) is 34.0 Å². The molecule has 0 amide bonds. The van der Waals surface area contributed by atoms with Gasteiger partial charge in [-0.05, 0) is 40.5 Å². The molecular formula is C13H16BrN3S. The van der Waals surface area contributed by atoms with Gasteiger partial charge < -0.3 is 10.6 Å². The summed E-state index contributed by atoms with van der Waals surface area (Å²) in [5.41, 5.74) is 6.87. The number of pyridine rings is 1. The Morgan fingerprint density at radius 1 is 1.50 bits per heavy atom. The highest BCUT2D eigenvalue weighted by atomic mass is 79.9. The van der Waals surface area contributed by atoms with Crippen molar-refractivity contribution in [3.8, 4) is 0 Å². The molecule has 1 atom stereocenters. The zero-order valence-corrected chi connectivity index (χ0v) is 12.8. The molecule has 0 bridgehead atoms. The molecule has 0 saturated carbocycles. The van der Waals surface area contributed by atoms with Gasteiger partial charge in [0.2, 0.25) is 0 Å². The zero-order chi connectivity index (χ0) is 13.1. The molecule has 2 N–H and O–H groups in total. The summed E-state index contributed by atoms with van der Waals surface area (Å²) in [6.07, 6.45) is 1.85. The van der Waals surface area contributed by atoms with E-state index < -0.39 is 0 Å². The summed E-state index contributed by atoms with van der Waals surface area (Å²) < 4.78 is 1.14. The average molecular weight is 326 g/mol. The van der Waals surface area contributed by atoms with E-state index in [1.54, 1.807) is 11.3 Å². The van der Waals surface area contributed by atoms with Crippen molar-refractivity contribution in [1.82, 2.24) is 4.98 Å². The largest absolute Gasteiger partial charge is 0.355 e. The van der Waals surface area contributed by atoms with Crippen LogP contribution in [-0.4, -0.2) is 12.0 Å². The monoisotopic (exact) mass is 325 g/mol. The number of rotatable bonds is 4. The summed E-state index contributed by atoms with van der Waals surface area (Å²) in [6, 6.07) is 6.22. The molecule has 2 heterocycles. The highest BCUT2D eigenvalue weighted by Crippen LogP contribution is 2.22. The van der Waals surface area contributed by atoms with E-state index in [1.165, 1.54) is 4.88 Å². The van der Waals surface area contributed by atoms with Gasteiger partial charge in [0.25, 0.3) is 0 Å². The number of thiophene rings is 1. The van der Waals surface area contributed by atoms with Crippen molar-refractivity contribution >= 4 is 33.1 Å². The van der Waals surface area contributed by atoms with Crippen LogP contribution in [0.1, 0.15) is 23.4 Å². The number of anilines is 1. The molecule has 0 aliphatic carbocycles. The van der Waals surface area contributed by atoms with Gasteiger partial charge in [0.15, 0.2) is 0 Å². The van der Waals surface area contributed by atoms with Crippen LogP contribution in [0.5, 0.6) is 0 Å². The summed E-state index contributed by atoms with van der Waals surface area (Å²) in [4.78, 5) is 7.88. The normalized spacial score (nSPS) is 12.4. The molecule has 0 unspecified atom stereocenters. The number of halogens is 1. The van der Waals surface area contributed by atoms with Crippen LogP contribution in [0.15, 0.2) is 34.2 Å². The van der Waals surface area contributed by atoms with E-state index >= 15 is 0 Å². The summed E-state index contributed by atoms with van der Waals surface area (Å²) in [7, 11) is 2.04. The van der Waals surface area contributed by atoms with Crippen LogP contribution in [0, 0.1) is 0 Å². The van der Waals surface area contributed by atoms with Crippen molar-refractivity contribution in [1.29, 1.82) is 0 Å². The molecule has 0 aliphatic heterocycles. The molecule has 2 aromatic heterocycles. The minimum atomic E-state index is 0.0325. The van der Waals surface area contributed by atoms with Gasteiger partial charge in [0.05, 0.1) is 6.54 Å². The third-order valence-corrected chi connectivity index (χ3v) is 4.38. The lowest BCUT2D eigenvalue weighted by molar-refractivity contribution is 0.807. The molecule has 0 aromatic carbocycles. The van der Waals surface area contributed by atoms with Gasteiger partial charge in [0.1, 0.15) is 5.82 Å². The standard InChI is InChI=1S/C13H16BrN3S/c1-9(15)10-3-4-13(16-6-10)17(2)7-12-5-11(14)8-18-12/h3-6,8-9H,7,15H2,1-2H3/t9-/m1/s1. The maximum absolute atomic E-state index is 5.81. The van der Waals surface area contributed by atoms with E-state index in [0.717, 1.165) is 22.4 Å². The molecule has 0 saturated heterocycles. The topological polar surface area (TPSA) is 42.1 Å². The Hall–Kier alpha value is -0.910. The fraction of sp³-hybridized carbons (Fsp3) is 0.308. The number of nitrogens with two attached hydrogens (primary N) is 1. The third-order valence-electron chi connectivity index (χ3n) is 2.70. The second-order valence-electron chi connectivity index (χ2n) is 4.33. The van der Waals surface area contributed by atoms with Crippen LogP contribution in [0.25, 0.3) is 0 Å². The zero-order valence-electron chi connectivity index (χ0n) is 10.4. The maximum Gasteiger partial charge on any atom is 0.128 e. The van der Waals surface area contributed by atoms with Gasteiger partial charge in [-0.2, -0.15) is 0 Å². The second kappa shape index (κ2) is 5.82. The van der Waals surface area contributed by atoms with Crippen molar-refractivity contribution in [3.05, 3.63) is 44.7 Å². The fourth-order valence-electron chi connectivity index (χ4n) is 1.64. The predicted octanol–water partition coefficient (Wildman–Crippen LogP) is 3.56. The highest BCUT2D eigenvalue weighted by Gasteiger charge is 2.06. The summed E-state index contributed by atoms with van der Waals surface area (Å²) >= 11 is 5.21.